The fourth-order valence-corrected chi connectivity index (χ4v) is 0.753. The molecule has 0 atom stereocenters. The van der Waals surface area contributed by atoms with Gasteiger partial charge in [0.2, 0.25) is 0 Å². The first-order valence-electron chi connectivity index (χ1n) is 2.49. The van der Waals surface area contributed by atoms with Crippen molar-refractivity contribution in [2.75, 3.05) is 11.5 Å². The summed E-state index contributed by atoms with van der Waals surface area (Å²) in [6, 6.07) is 0. The lowest BCUT2D eigenvalue weighted by Crippen LogP contribution is -2.04. The second kappa shape index (κ2) is 6.68. The predicted molar refractivity (Wildman–Crippen MR) is 47.5 cm³/mol. The first-order valence-corrected chi connectivity index (χ1v) is 4.42. The molecule has 0 saturated carbocycles. The minimum atomic E-state index is -0.565. The summed E-state index contributed by atoms with van der Waals surface area (Å²) in [5.41, 5.74) is 0. The third-order valence-electron chi connectivity index (χ3n) is 0.512. The Bertz CT molecular complexity index is 132. The molecule has 11 heavy (non-hydrogen) atoms. The van der Waals surface area contributed by atoms with Crippen molar-refractivity contribution in [3.63, 3.8) is 0 Å². The molecule has 64 valence electrons. The van der Waals surface area contributed by atoms with Gasteiger partial charge in [0, 0.05) is 0 Å². The number of thiol groups is 2. The third kappa shape index (κ3) is 6.39. The summed E-state index contributed by atoms with van der Waals surface area (Å²) in [5.74, 6) is -1.23. The Kier molecular flexibility index (Phi) is 6.68. The molecule has 0 N–H and O–H groups in total. The summed E-state index contributed by atoms with van der Waals surface area (Å²) >= 11 is 7.56. The fraction of sp³-hybridized carbons (Fsp3) is 0.500. The molecule has 0 aliphatic heterocycles. The predicted octanol–water partition coefficient (Wildman–Crippen LogP) is 0.496. The van der Waals surface area contributed by atoms with Crippen LogP contribution in [0.5, 0.6) is 0 Å². The lowest BCUT2D eigenvalue weighted by atomic mass is 10.8. The Balaban J connectivity index is 3.27. The Hall–Kier alpha value is -0.0100. The summed E-state index contributed by atoms with van der Waals surface area (Å²) in [5, 5.41) is 0. The molecule has 0 aromatic rings. The number of rotatable bonds is 4. The maximum atomic E-state index is 10.4. The van der Waals surface area contributed by atoms with Crippen molar-refractivity contribution in [1.82, 2.24) is 0 Å². The first kappa shape index (κ1) is 11.0. The van der Waals surface area contributed by atoms with Crippen LogP contribution in [0.1, 0.15) is 0 Å². The van der Waals surface area contributed by atoms with Crippen LogP contribution < -0.4 is 0 Å². The Morgan fingerprint density at radius 1 is 1.09 bits per heavy atom. The van der Waals surface area contributed by atoms with Crippen LogP contribution >= 0.6 is 37.6 Å². The number of hydrogen-bond donors (Lipinski definition) is 2. The van der Waals surface area contributed by atoms with Crippen LogP contribution in [0.2, 0.25) is 0 Å². The third-order valence-corrected chi connectivity index (χ3v) is 1.54. The quantitative estimate of drug-likeness (QED) is 0.527. The molecular formula is C4H6O4S3. The number of carbonyl (C=O) groups is 2. The fourth-order valence-electron chi connectivity index (χ4n) is 0.146. The second-order valence-electron chi connectivity index (χ2n) is 1.29. The molecule has 0 aromatic heterocycles. The van der Waals surface area contributed by atoms with Crippen LogP contribution in [0, 0.1) is 0 Å². The molecule has 0 aliphatic carbocycles. The van der Waals surface area contributed by atoms with E-state index in [-0.39, 0.29) is 11.5 Å². The molecule has 0 unspecified atom stereocenters. The zero-order valence-electron chi connectivity index (χ0n) is 5.35. The molecule has 0 aromatic carbocycles. The van der Waals surface area contributed by atoms with Crippen LogP contribution in [0.25, 0.3) is 0 Å². The normalized spacial score (nSPS) is 8.91. The van der Waals surface area contributed by atoms with Crippen molar-refractivity contribution >= 4 is 49.5 Å². The summed E-state index contributed by atoms with van der Waals surface area (Å²) in [4.78, 5) is 20.7. The summed E-state index contributed by atoms with van der Waals surface area (Å²) in [7, 11) is 0. The monoisotopic (exact) mass is 214 g/mol. The lowest BCUT2D eigenvalue weighted by Gasteiger charge is -1.97. The zero-order valence-corrected chi connectivity index (χ0v) is 7.96. The van der Waals surface area contributed by atoms with Gasteiger partial charge in [-0.1, -0.05) is 0 Å². The number of carbonyl (C=O) groups excluding carboxylic acids is 2. The minimum Gasteiger partial charge on any atom is -0.354 e. The molecule has 0 aliphatic rings. The Morgan fingerprint density at radius 3 is 1.73 bits per heavy atom. The van der Waals surface area contributed by atoms with E-state index < -0.39 is 11.9 Å². The summed E-state index contributed by atoms with van der Waals surface area (Å²) in [6.07, 6.45) is 0. The van der Waals surface area contributed by atoms with Gasteiger partial charge in [0.25, 0.3) is 12.3 Å². The molecule has 4 nitrogen and oxygen atoms in total. The maximum Gasteiger partial charge on any atom is 0.330 e. The van der Waals surface area contributed by atoms with Crippen LogP contribution in [-0.4, -0.2) is 23.4 Å². The Morgan fingerprint density at radius 2 is 1.45 bits per heavy atom. The summed E-state index contributed by atoms with van der Waals surface area (Å²) in [6.45, 7) is 0. The van der Waals surface area contributed by atoms with E-state index in [0.29, 0.717) is 12.3 Å². The van der Waals surface area contributed by atoms with Crippen LogP contribution in [-0.2, 0) is 18.0 Å². The SMILES string of the molecule is O=C(CS)OSOC(=O)CS. The van der Waals surface area contributed by atoms with Gasteiger partial charge in [-0.05, 0) is 0 Å². The van der Waals surface area contributed by atoms with E-state index in [1.54, 1.807) is 0 Å². The summed E-state index contributed by atoms with van der Waals surface area (Å²) < 4.78 is 8.58. The molecule has 0 amide bonds. The van der Waals surface area contributed by atoms with Gasteiger partial charge in [-0.25, -0.2) is 0 Å². The van der Waals surface area contributed by atoms with Crippen molar-refractivity contribution in [2.24, 2.45) is 0 Å². The van der Waals surface area contributed by atoms with Crippen LogP contribution in [0.4, 0.5) is 0 Å². The molecule has 0 fully saturated rings. The highest BCUT2D eigenvalue weighted by Gasteiger charge is 2.04. The molecule has 0 heterocycles. The second-order valence-corrected chi connectivity index (χ2v) is 2.40. The standard InChI is InChI=1S/C4H6O4S3/c5-3(1-9)7-11-8-4(6)2-10/h9-10H,1-2H2. The topological polar surface area (TPSA) is 52.6 Å². The van der Waals surface area contributed by atoms with E-state index in [9.17, 15) is 9.59 Å². The molecule has 0 saturated heterocycles. The van der Waals surface area contributed by atoms with Crippen molar-refractivity contribution in [3.8, 4) is 0 Å². The van der Waals surface area contributed by atoms with E-state index in [0.717, 1.165) is 0 Å². The van der Waals surface area contributed by atoms with E-state index in [4.69, 9.17) is 0 Å². The maximum absolute atomic E-state index is 10.4. The van der Waals surface area contributed by atoms with Gasteiger partial charge in [-0.2, -0.15) is 25.3 Å². The highest BCUT2D eigenvalue weighted by molar-refractivity contribution is 7.91. The minimum absolute atomic E-state index is 0.0502. The zero-order chi connectivity index (χ0) is 8.69. The van der Waals surface area contributed by atoms with Gasteiger partial charge >= 0.3 is 11.9 Å². The largest absolute Gasteiger partial charge is 0.354 e. The molecule has 0 radical (unpaired) electrons. The van der Waals surface area contributed by atoms with Gasteiger partial charge < -0.3 is 8.37 Å². The van der Waals surface area contributed by atoms with Gasteiger partial charge in [-0.3, -0.25) is 9.59 Å². The molecular weight excluding hydrogens is 208 g/mol. The smallest absolute Gasteiger partial charge is 0.330 e. The number of hydrogen-bond acceptors (Lipinski definition) is 7. The average Bonchev–Trinajstić information content (AvgIpc) is 2.04. The van der Waals surface area contributed by atoms with E-state index >= 15 is 0 Å². The molecule has 0 rings (SSSR count). The molecule has 7 heteroatoms. The molecule has 0 bridgehead atoms. The highest BCUT2D eigenvalue weighted by atomic mass is 32.2. The van der Waals surface area contributed by atoms with Gasteiger partial charge in [0.15, 0.2) is 0 Å². The van der Waals surface area contributed by atoms with Crippen molar-refractivity contribution in [3.05, 3.63) is 0 Å². The lowest BCUT2D eigenvalue weighted by molar-refractivity contribution is -0.132. The van der Waals surface area contributed by atoms with Gasteiger partial charge in [0.05, 0.1) is 11.5 Å². The van der Waals surface area contributed by atoms with Crippen molar-refractivity contribution in [2.45, 2.75) is 0 Å². The van der Waals surface area contributed by atoms with E-state index in [1.807, 2.05) is 0 Å². The van der Waals surface area contributed by atoms with Gasteiger partial charge in [0.1, 0.15) is 0 Å². The Labute approximate surface area is 79.2 Å². The van der Waals surface area contributed by atoms with E-state index in [2.05, 4.69) is 33.6 Å². The highest BCUT2D eigenvalue weighted by Crippen LogP contribution is 2.05. The van der Waals surface area contributed by atoms with Crippen LogP contribution in [0.15, 0.2) is 0 Å². The van der Waals surface area contributed by atoms with Crippen molar-refractivity contribution < 1.29 is 18.0 Å². The van der Waals surface area contributed by atoms with Gasteiger partial charge in [-0.15, -0.1) is 0 Å². The van der Waals surface area contributed by atoms with Crippen LogP contribution in [0.3, 0.4) is 0 Å². The van der Waals surface area contributed by atoms with E-state index in [1.165, 1.54) is 0 Å². The molecule has 0 spiro atoms. The van der Waals surface area contributed by atoms with Crippen molar-refractivity contribution in [1.29, 1.82) is 0 Å². The first-order chi connectivity index (χ1) is 5.20. The average molecular weight is 214 g/mol.